The van der Waals surface area contributed by atoms with Gasteiger partial charge in [0.15, 0.2) is 23.1 Å². The SMILES string of the molecule is C=C/C=C(C1=C(C)C(=O)C(=C/C)/C(=C\C(C)C)C1=O)/C(=C/C)C1=C(C)C(=O)c2ccccc2C1=O. The summed E-state index contributed by atoms with van der Waals surface area (Å²) in [5.41, 5.74) is 3.29. The Labute approximate surface area is 206 Å². The Hall–Kier alpha value is -3.92. The molecule has 0 bridgehead atoms. The van der Waals surface area contributed by atoms with E-state index in [-0.39, 0.29) is 40.2 Å². The summed E-state index contributed by atoms with van der Waals surface area (Å²) < 4.78 is 0. The molecule has 2 aliphatic carbocycles. The molecule has 0 saturated heterocycles. The maximum Gasteiger partial charge on any atom is 0.194 e. The molecule has 0 saturated carbocycles. The average molecular weight is 467 g/mol. The standard InChI is InChI=1S/C31H30O4/c1-8-13-22(27-19(7)28(32)21(10-3)25(31(27)35)16-17(4)5)20(9-2)26-18(6)29(33)23-14-11-12-15-24(23)30(26)34/h8-17H,1H2,2-7H3/b20-9-,21-10+,22-13-,25-16+. The van der Waals surface area contributed by atoms with E-state index >= 15 is 0 Å². The largest absolute Gasteiger partial charge is 0.289 e. The number of ketones is 4. The molecule has 0 aromatic heterocycles. The first-order valence-electron chi connectivity index (χ1n) is 11.7. The molecule has 2 aliphatic rings. The molecule has 178 valence electrons. The molecule has 0 heterocycles. The summed E-state index contributed by atoms with van der Waals surface area (Å²) in [5, 5.41) is 0. The van der Waals surface area contributed by atoms with Crippen molar-refractivity contribution in [2.45, 2.75) is 41.5 Å². The van der Waals surface area contributed by atoms with Gasteiger partial charge in [-0.15, -0.1) is 0 Å². The first-order valence-corrected chi connectivity index (χ1v) is 11.7. The van der Waals surface area contributed by atoms with Gasteiger partial charge in [0.1, 0.15) is 0 Å². The number of benzene rings is 1. The van der Waals surface area contributed by atoms with E-state index in [2.05, 4.69) is 6.58 Å². The fraction of sp³-hybridized carbons (Fsp3) is 0.226. The first-order chi connectivity index (χ1) is 16.6. The highest BCUT2D eigenvalue weighted by atomic mass is 16.1. The molecule has 0 atom stereocenters. The normalized spacial score (nSPS) is 20.0. The first kappa shape index (κ1) is 25.7. The second-order valence-corrected chi connectivity index (χ2v) is 8.91. The number of hydrogen-bond acceptors (Lipinski definition) is 4. The molecule has 0 fully saturated rings. The lowest BCUT2D eigenvalue weighted by Crippen LogP contribution is -2.27. The van der Waals surface area contributed by atoms with Gasteiger partial charge in [0, 0.05) is 44.6 Å². The smallest absolute Gasteiger partial charge is 0.194 e. The Morgan fingerprint density at radius 3 is 1.83 bits per heavy atom. The topological polar surface area (TPSA) is 68.3 Å². The van der Waals surface area contributed by atoms with Gasteiger partial charge in [-0.25, -0.2) is 0 Å². The number of allylic oxidation sites excluding steroid dienone is 13. The maximum atomic E-state index is 13.8. The summed E-state index contributed by atoms with van der Waals surface area (Å²) in [6, 6.07) is 6.72. The minimum absolute atomic E-state index is 0.0448. The van der Waals surface area contributed by atoms with Crippen LogP contribution in [0.2, 0.25) is 0 Å². The van der Waals surface area contributed by atoms with Gasteiger partial charge in [0.25, 0.3) is 0 Å². The monoisotopic (exact) mass is 466 g/mol. The van der Waals surface area contributed by atoms with E-state index in [1.807, 2.05) is 13.8 Å². The quantitative estimate of drug-likeness (QED) is 0.370. The summed E-state index contributed by atoms with van der Waals surface area (Å²) in [5.74, 6) is -1.00. The lowest BCUT2D eigenvalue weighted by molar-refractivity contribution is -0.116. The van der Waals surface area contributed by atoms with Crippen molar-refractivity contribution in [2.75, 3.05) is 0 Å². The summed E-state index contributed by atoms with van der Waals surface area (Å²) >= 11 is 0. The van der Waals surface area contributed by atoms with E-state index in [4.69, 9.17) is 0 Å². The van der Waals surface area contributed by atoms with Crippen LogP contribution in [0.3, 0.4) is 0 Å². The van der Waals surface area contributed by atoms with Gasteiger partial charge >= 0.3 is 0 Å². The number of carbonyl (C=O) groups is 4. The average Bonchev–Trinajstić information content (AvgIpc) is 2.83. The molecular weight excluding hydrogens is 436 g/mol. The third-order valence-electron chi connectivity index (χ3n) is 6.27. The minimum Gasteiger partial charge on any atom is -0.289 e. The summed E-state index contributed by atoms with van der Waals surface area (Å²) in [4.78, 5) is 53.9. The van der Waals surface area contributed by atoms with Crippen LogP contribution in [0.15, 0.2) is 106 Å². The number of Topliss-reactive ketones (excluding diaryl/α,β-unsaturated/α-hetero) is 4. The zero-order valence-electron chi connectivity index (χ0n) is 21.1. The molecule has 4 nitrogen and oxygen atoms in total. The highest BCUT2D eigenvalue weighted by Gasteiger charge is 2.38. The molecule has 3 rings (SSSR count). The molecule has 0 radical (unpaired) electrons. The molecule has 0 unspecified atom stereocenters. The number of rotatable bonds is 5. The van der Waals surface area contributed by atoms with Crippen molar-refractivity contribution >= 4 is 23.1 Å². The predicted octanol–water partition coefficient (Wildman–Crippen LogP) is 6.44. The fourth-order valence-electron chi connectivity index (χ4n) is 4.66. The molecule has 35 heavy (non-hydrogen) atoms. The van der Waals surface area contributed by atoms with E-state index in [9.17, 15) is 19.2 Å². The summed E-state index contributed by atoms with van der Waals surface area (Å²) in [7, 11) is 0. The minimum atomic E-state index is -0.291. The molecule has 0 aliphatic heterocycles. The van der Waals surface area contributed by atoms with Crippen LogP contribution in [0.1, 0.15) is 62.3 Å². The van der Waals surface area contributed by atoms with E-state index < -0.39 is 0 Å². The lowest BCUT2D eigenvalue weighted by atomic mass is 9.73. The van der Waals surface area contributed by atoms with E-state index in [0.717, 1.165) is 0 Å². The molecule has 1 aromatic rings. The van der Waals surface area contributed by atoms with Crippen molar-refractivity contribution in [1.82, 2.24) is 0 Å². The Balaban J connectivity index is 2.31. The number of carbonyl (C=O) groups excluding carboxylic acids is 4. The van der Waals surface area contributed by atoms with E-state index in [1.165, 1.54) is 6.08 Å². The van der Waals surface area contributed by atoms with Crippen molar-refractivity contribution in [3.05, 3.63) is 117 Å². The number of hydrogen-bond donors (Lipinski definition) is 0. The van der Waals surface area contributed by atoms with Gasteiger partial charge in [-0.2, -0.15) is 0 Å². The predicted molar refractivity (Wildman–Crippen MR) is 139 cm³/mol. The molecular formula is C31H30O4. The fourth-order valence-corrected chi connectivity index (χ4v) is 4.66. The van der Waals surface area contributed by atoms with Crippen molar-refractivity contribution < 1.29 is 19.2 Å². The van der Waals surface area contributed by atoms with Crippen molar-refractivity contribution in [1.29, 1.82) is 0 Å². The Morgan fingerprint density at radius 2 is 1.31 bits per heavy atom. The van der Waals surface area contributed by atoms with Gasteiger partial charge in [-0.05, 0) is 44.8 Å². The van der Waals surface area contributed by atoms with Gasteiger partial charge in [0.05, 0.1) is 0 Å². The molecule has 0 amide bonds. The van der Waals surface area contributed by atoms with Crippen LogP contribution in [-0.4, -0.2) is 23.1 Å². The molecule has 4 heteroatoms. The molecule has 0 spiro atoms. The van der Waals surface area contributed by atoms with Crippen LogP contribution in [0, 0.1) is 5.92 Å². The highest BCUT2D eigenvalue weighted by molar-refractivity contribution is 6.32. The van der Waals surface area contributed by atoms with Gasteiger partial charge in [-0.1, -0.05) is 75.1 Å². The maximum absolute atomic E-state index is 13.8. The van der Waals surface area contributed by atoms with Crippen molar-refractivity contribution in [3.8, 4) is 0 Å². The van der Waals surface area contributed by atoms with Crippen LogP contribution in [0.25, 0.3) is 0 Å². The van der Waals surface area contributed by atoms with E-state index in [0.29, 0.717) is 44.6 Å². The second kappa shape index (κ2) is 10.1. The van der Waals surface area contributed by atoms with Crippen LogP contribution < -0.4 is 0 Å². The molecule has 1 aromatic carbocycles. The van der Waals surface area contributed by atoms with E-state index in [1.54, 1.807) is 76.3 Å². The third-order valence-corrected chi connectivity index (χ3v) is 6.27. The summed E-state index contributed by atoms with van der Waals surface area (Å²) in [6.45, 7) is 14.4. The molecule has 0 N–H and O–H groups in total. The van der Waals surface area contributed by atoms with Gasteiger partial charge in [-0.3, -0.25) is 19.2 Å². The number of fused-ring (bicyclic) bond motifs is 1. The van der Waals surface area contributed by atoms with Crippen LogP contribution in [-0.2, 0) is 9.59 Å². The zero-order chi connectivity index (χ0) is 26.0. The van der Waals surface area contributed by atoms with Crippen molar-refractivity contribution in [2.24, 2.45) is 5.92 Å². The van der Waals surface area contributed by atoms with Gasteiger partial charge < -0.3 is 0 Å². The Morgan fingerprint density at radius 1 is 0.771 bits per heavy atom. The Bertz CT molecular complexity index is 1360. The van der Waals surface area contributed by atoms with Crippen LogP contribution in [0.5, 0.6) is 0 Å². The second-order valence-electron chi connectivity index (χ2n) is 8.91. The van der Waals surface area contributed by atoms with Crippen LogP contribution >= 0.6 is 0 Å². The van der Waals surface area contributed by atoms with Gasteiger partial charge in [0.2, 0.25) is 0 Å². The van der Waals surface area contributed by atoms with Crippen LogP contribution in [0.4, 0.5) is 0 Å². The Kier molecular flexibility index (Phi) is 7.45. The third kappa shape index (κ3) is 4.32. The highest BCUT2D eigenvalue weighted by Crippen LogP contribution is 2.40. The van der Waals surface area contributed by atoms with Crippen molar-refractivity contribution in [3.63, 3.8) is 0 Å². The zero-order valence-corrected chi connectivity index (χ0v) is 21.1. The lowest BCUT2D eigenvalue weighted by Gasteiger charge is -2.27. The summed E-state index contributed by atoms with van der Waals surface area (Å²) in [6.07, 6.45) is 8.31.